The van der Waals surface area contributed by atoms with Crippen LogP contribution in [0, 0.1) is 30.2 Å². The predicted octanol–water partition coefficient (Wildman–Crippen LogP) is 3.97. The van der Waals surface area contributed by atoms with Gasteiger partial charge in [0, 0.05) is 19.2 Å². The van der Waals surface area contributed by atoms with E-state index in [1.807, 2.05) is 0 Å². The van der Waals surface area contributed by atoms with Crippen molar-refractivity contribution in [1.82, 2.24) is 15.1 Å². The number of carbonyl (C=O) groups is 1. The lowest BCUT2D eigenvalue weighted by molar-refractivity contribution is -0.120. The molecule has 1 unspecified atom stereocenters. The molecule has 0 saturated carbocycles. The Kier molecular flexibility index (Phi) is 6.92. The molecule has 10 heteroatoms. The van der Waals surface area contributed by atoms with Crippen LogP contribution in [0.2, 0.25) is 5.02 Å². The highest BCUT2D eigenvalue weighted by atomic mass is 35.5. The van der Waals surface area contributed by atoms with E-state index in [0.29, 0.717) is 22.8 Å². The number of rotatable bonds is 7. The Hall–Kier alpha value is -2.29. The second-order valence-electron chi connectivity index (χ2n) is 6.32. The Morgan fingerprint density at radius 2 is 1.79 bits per heavy atom. The van der Waals surface area contributed by atoms with Gasteiger partial charge in [-0.15, -0.1) is 0 Å². The Morgan fingerprint density at radius 1 is 1.21 bits per heavy atom. The van der Waals surface area contributed by atoms with Gasteiger partial charge in [-0.1, -0.05) is 18.5 Å². The molecule has 2 aromatic rings. The van der Waals surface area contributed by atoms with E-state index in [-0.39, 0.29) is 6.42 Å². The first-order valence-electron chi connectivity index (χ1n) is 8.54. The Balaban J connectivity index is 2.19. The van der Waals surface area contributed by atoms with Crippen LogP contribution in [0.5, 0.6) is 5.75 Å². The molecule has 0 aliphatic heterocycles. The molecule has 1 aromatic carbocycles. The second kappa shape index (κ2) is 8.81. The van der Waals surface area contributed by atoms with Crippen molar-refractivity contribution in [3.63, 3.8) is 0 Å². The number of nitrogens with zero attached hydrogens (tertiary/aromatic N) is 2. The first kappa shape index (κ1) is 22.0. The molecular weight excluding hydrogens is 402 g/mol. The number of hydrogen-bond donors (Lipinski definition) is 1. The van der Waals surface area contributed by atoms with Crippen molar-refractivity contribution in [2.45, 2.75) is 46.3 Å². The summed E-state index contributed by atoms with van der Waals surface area (Å²) in [5.74, 6) is -8.29. The Labute approximate surface area is 164 Å². The number of nitrogens with one attached hydrogen (secondary N) is 1. The first-order chi connectivity index (χ1) is 13.1. The van der Waals surface area contributed by atoms with Gasteiger partial charge >= 0.3 is 0 Å². The molecule has 0 spiro atoms. The van der Waals surface area contributed by atoms with Crippen LogP contribution >= 0.6 is 11.6 Å². The number of aryl methyl sites for hydroxylation is 2. The number of ether oxygens (including phenoxy) is 1. The van der Waals surface area contributed by atoms with E-state index in [9.17, 15) is 22.4 Å². The zero-order valence-corrected chi connectivity index (χ0v) is 16.6. The third-order valence-corrected chi connectivity index (χ3v) is 4.75. The zero-order chi connectivity index (χ0) is 21.2. The lowest BCUT2D eigenvalue weighted by Crippen LogP contribution is -2.27. The van der Waals surface area contributed by atoms with E-state index in [2.05, 4.69) is 10.4 Å². The molecule has 0 bridgehead atoms. The van der Waals surface area contributed by atoms with Gasteiger partial charge in [0.25, 0.3) is 0 Å². The molecule has 1 aromatic heterocycles. The van der Waals surface area contributed by atoms with Crippen molar-refractivity contribution in [3.8, 4) is 5.75 Å². The number of hydrogen-bond acceptors (Lipinski definition) is 3. The van der Waals surface area contributed by atoms with Gasteiger partial charge < -0.3 is 10.1 Å². The highest BCUT2D eigenvalue weighted by Crippen LogP contribution is 2.31. The summed E-state index contributed by atoms with van der Waals surface area (Å²) in [6.07, 6.45) is -0.476. The van der Waals surface area contributed by atoms with Gasteiger partial charge in [0.2, 0.25) is 17.5 Å². The van der Waals surface area contributed by atoms with Crippen molar-refractivity contribution < 1.29 is 27.1 Å². The van der Waals surface area contributed by atoms with Crippen LogP contribution in [0.25, 0.3) is 0 Å². The lowest BCUT2D eigenvalue weighted by Gasteiger charge is -2.16. The van der Waals surface area contributed by atoms with E-state index in [0.717, 1.165) is 0 Å². The molecule has 0 radical (unpaired) electrons. The van der Waals surface area contributed by atoms with Crippen molar-refractivity contribution in [2.24, 2.45) is 7.05 Å². The molecule has 154 valence electrons. The van der Waals surface area contributed by atoms with Gasteiger partial charge in [-0.2, -0.15) is 13.9 Å². The summed E-state index contributed by atoms with van der Waals surface area (Å²) in [7, 11) is 1.58. The molecule has 0 fully saturated rings. The van der Waals surface area contributed by atoms with Gasteiger partial charge in [0.05, 0.1) is 28.9 Å². The minimum Gasteiger partial charge on any atom is -0.485 e. The molecule has 0 saturated heterocycles. The number of amides is 1. The van der Waals surface area contributed by atoms with Crippen LogP contribution in [-0.4, -0.2) is 21.8 Å². The maximum atomic E-state index is 14.2. The van der Waals surface area contributed by atoms with Crippen LogP contribution in [-0.2, 0) is 24.8 Å². The summed E-state index contributed by atoms with van der Waals surface area (Å²) >= 11 is 6.04. The number of halogens is 5. The Morgan fingerprint density at radius 3 is 2.25 bits per heavy atom. The fourth-order valence-corrected chi connectivity index (χ4v) is 2.70. The molecule has 2 rings (SSSR count). The summed E-state index contributed by atoms with van der Waals surface area (Å²) in [5, 5.41) is 6.56. The van der Waals surface area contributed by atoms with Crippen LogP contribution < -0.4 is 10.1 Å². The average molecular weight is 422 g/mol. The lowest BCUT2D eigenvalue weighted by atomic mass is 10.1. The third-order valence-electron chi connectivity index (χ3n) is 4.26. The fraction of sp³-hybridized carbons (Fsp3) is 0.444. The molecule has 28 heavy (non-hydrogen) atoms. The maximum absolute atomic E-state index is 14.2. The molecule has 0 aliphatic rings. The van der Waals surface area contributed by atoms with Gasteiger partial charge in [-0.05, 0) is 20.3 Å². The third kappa shape index (κ3) is 4.40. The number of aromatic nitrogens is 2. The monoisotopic (exact) mass is 421 g/mol. The van der Waals surface area contributed by atoms with Crippen LogP contribution in [0.1, 0.15) is 37.2 Å². The maximum Gasteiger partial charge on any atom is 0.226 e. The minimum atomic E-state index is -1.64. The largest absolute Gasteiger partial charge is 0.485 e. The standard InChI is InChI=1S/C18H20ClF4N3O2/c1-5-8(2)28-18-16(22)14(20)10(15(21)17(18)23)7-24-12(27)6-11-13(19)9(3)25-26(11)4/h8H,5-7H2,1-4H3,(H,24,27). The average Bonchev–Trinajstić information content (AvgIpc) is 2.89. The molecular formula is C18H20ClF4N3O2. The van der Waals surface area contributed by atoms with Gasteiger partial charge in [0.15, 0.2) is 17.4 Å². The summed E-state index contributed by atoms with van der Waals surface area (Å²) in [6, 6.07) is 0. The smallest absolute Gasteiger partial charge is 0.226 e. The van der Waals surface area contributed by atoms with Crippen molar-refractivity contribution in [1.29, 1.82) is 0 Å². The van der Waals surface area contributed by atoms with Gasteiger partial charge in [-0.3, -0.25) is 9.48 Å². The van der Waals surface area contributed by atoms with Crippen LogP contribution in [0.3, 0.4) is 0 Å². The summed E-state index contributed by atoms with van der Waals surface area (Å²) < 4.78 is 63.0. The van der Waals surface area contributed by atoms with Gasteiger partial charge in [-0.25, -0.2) is 8.78 Å². The fourth-order valence-electron chi connectivity index (χ4n) is 2.47. The molecule has 1 heterocycles. The van der Waals surface area contributed by atoms with E-state index < -0.39 is 53.1 Å². The molecule has 1 atom stereocenters. The summed E-state index contributed by atoms with van der Waals surface area (Å²) in [4.78, 5) is 12.1. The quantitative estimate of drug-likeness (QED) is 0.543. The normalized spacial score (nSPS) is 12.2. The number of carbonyl (C=O) groups excluding carboxylic acids is 1. The first-order valence-corrected chi connectivity index (χ1v) is 8.92. The highest BCUT2D eigenvalue weighted by molar-refractivity contribution is 6.32. The molecule has 1 N–H and O–H groups in total. The molecule has 0 aliphatic carbocycles. The van der Waals surface area contributed by atoms with Gasteiger partial charge in [0.1, 0.15) is 0 Å². The van der Waals surface area contributed by atoms with Crippen molar-refractivity contribution in [2.75, 3.05) is 0 Å². The van der Waals surface area contributed by atoms with E-state index in [4.69, 9.17) is 16.3 Å². The molecule has 1 amide bonds. The highest BCUT2D eigenvalue weighted by Gasteiger charge is 2.27. The topological polar surface area (TPSA) is 56.1 Å². The van der Waals surface area contributed by atoms with Crippen molar-refractivity contribution >= 4 is 17.5 Å². The number of benzene rings is 1. The minimum absolute atomic E-state index is 0.223. The van der Waals surface area contributed by atoms with E-state index in [1.165, 1.54) is 11.6 Å². The Bertz CT molecular complexity index is 873. The van der Waals surface area contributed by atoms with Crippen LogP contribution in [0.4, 0.5) is 17.6 Å². The van der Waals surface area contributed by atoms with Crippen molar-refractivity contribution in [3.05, 3.63) is 45.2 Å². The van der Waals surface area contributed by atoms with Crippen LogP contribution in [0.15, 0.2) is 0 Å². The predicted molar refractivity (Wildman–Crippen MR) is 95.2 cm³/mol. The second-order valence-corrected chi connectivity index (χ2v) is 6.70. The molecule has 5 nitrogen and oxygen atoms in total. The van der Waals surface area contributed by atoms with E-state index in [1.54, 1.807) is 20.9 Å². The SMILES string of the molecule is CCC(C)Oc1c(F)c(F)c(CNC(=O)Cc2c(Cl)c(C)nn2C)c(F)c1F. The summed E-state index contributed by atoms with van der Waals surface area (Å²) in [5.41, 5.74) is -0.0236. The zero-order valence-electron chi connectivity index (χ0n) is 15.8. The summed E-state index contributed by atoms with van der Waals surface area (Å²) in [6.45, 7) is 4.10. The van der Waals surface area contributed by atoms with E-state index >= 15 is 0 Å².